The van der Waals surface area contributed by atoms with E-state index in [9.17, 15) is 4.79 Å². The van der Waals surface area contributed by atoms with E-state index in [0.717, 1.165) is 12.8 Å². The number of halogens is 1. The number of rotatable bonds is 0. The maximum Gasteiger partial charge on any atom is 0.137 e. The highest BCUT2D eigenvalue weighted by atomic mass is 127. The summed E-state index contributed by atoms with van der Waals surface area (Å²) in [5.74, 6) is 0.381. The molecule has 0 heterocycles. The van der Waals surface area contributed by atoms with Crippen molar-refractivity contribution in [1.29, 1.82) is 0 Å². The lowest BCUT2D eigenvalue weighted by molar-refractivity contribution is -0.118. The highest BCUT2D eigenvalue weighted by Crippen LogP contribution is 2.23. The van der Waals surface area contributed by atoms with Crippen molar-refractivity contribution in [2.45, 2.75) is 19.3 Å². The maximum absolute atomic E-state index is 11.2. The minimum atomic E-state index is 0.381. The Hall–Kier alpha value is -0.380. The van der Waals surface area contributed by atoms with Crippen LogP contribution in [0.1, 0.15) is 17.5 Å². The molecular formula is C10H9IO. The van der Waals surface area contributed by atoms with Crippen LogP contribution in [-0.4, -0.2) is 5.78 Å². The van der Waals surface area contributed by atoms with Crippen LogP contribution in [0.25, 0.3) is 0 Å². The number of hydrogen-bond acceptors (Lipinski definition) is 1. The first-order chi connectivity index (χ1) is 5.77. The summed E-state index contributed by atoms with van der Waals surface area (Å²) in [7, 11) is 0. The van der Waals surface area contributed by atoms with Crippen LogP contribution in [0.5, 0.6) is 0 Å². The fraction of sp³-hybridized carbons (Fsp3) is 0.300. The number of Topliss-reactive ketones (excluding diaryl/α,β-unsaturated/α-hetero) is 1. The second-order valence-electron chi connectivity index (χ2n) is 3.09. The molecule has 0 aliphatic heterocycles. The SMILES string of the molecule is O=C1CCc2cccc(I)c2C1. The molecule has 12 heavy (non-hydrogen) atoms. The molecule has 0 radical (unpaired) electrons. The summed E-state index contributed by atoms with van der Waals surface area (Å²) < 4.78 is 1.23. The van der Waals surface area contributed by atoms with Crippen LogP contribution in [0.4, 0.5) is 0 Å². The Morgan fingerprint density at radius 3 is 2.92 bits per heavy atom. The summed E-state index contributed by atoms with van der Waals surface area (Å²) in [4.78, 5) is 11.2. The van der Waals surface area contributed by atoms with E-state index in [-0.39, 0.29) is 0 Å². The van der Waals surface area contributed by atoms with Crippen LogP contribution in [-0.2, 0) is 17.6 Å². The maximum atomic E-state index is 11.2. The first-order valence-corrected chi connectivity index (χ1v) is 5.13. The van der Waals surface area contributed by atoms with E-state index in [1.54, 1.807) is 0 Å². The molecule has 0 amide bonds. The van der Waals surface area contributed by atoms with Crippen LogP contribution in [0.2, 0.25) is 0 Å². The third-order valence-corrected chi connectivity index (χ3v) is 3.27. The van der Waals surface area contributed by atoms with Gasteiger partial charge in [-0.2, -0.15) is 0 Å². The van der Waals surface area contributed by atoms with Gasteiger partial charge in [-0.25, -0.2) is 0 Å². The van der Waals surface area contributed by atoms with Gasteiger partial charge in [0.2, 0.25) is 0 Å². The van der Waals surface area contributed by atoms with Crippen LogP contribution in [0.3, 0.4) is 0 Å². The molecule has 0 unspecified atom stereocenters. The molecule has 1 aliphatic rings. The highest BCUT2D eigenvalue weighted by Gasteiger charge is 2.16. The number of ketones is 1. The molecule has 0 saturated heterocycles. The fourth-order valence-corrected chi connectivity index (χ4v) is 2.34. The van der Waals surface area contributed by atoms with Gasteiger partial charge >= 0.3 is 0 Å². The molecule has 0 N–H and O–H groups in total. The third-order valence-electron chi connectivity index (χ3n) is 2.26. The van der Waals surface area contributed by atoms with Crippen molar-refractivity contribution in [1.82, 2.24) is 0 Å². The molecule has 1 aromatic rings. The van der Waals surface area contributed by atoms with Gasteiger partial charge in [0.25, 0.3) is 0 Å². The summed E-state index contributed by atoms with van der Waals surface area (Å²) >= 11 is 2.30. The topological polar surface area (TPSA) is 17.1 Å². The number of fused-ring (bicyclic) bond motifs is 1. The second kappa shape index (κ2) is 3.17. The van der Waals surface area contributed by atoms with Crippen molar-refractivity contribution < 1.29 is 4.79 Å². The summed E-state index contributed by atoms with van der Waals surface area (Å²) in [6, 6.07) is 6.26. The Balaban J connectivity index is 2.50. The van der Waals surface area contributed by atoms with Gasteiger partial charge in [0.05, 0.1) is 0 Å². The summed E-state index contributed by atoms with van der Waals surface area (Å²) in [6.07, 6.45) is 2.31. The Kier molecular flexibility index (Phi) is 2.17. The van der Waals surface area contributed by atoms with Crippen molar-refractivity contribution >= 4 is 28.4 Å². The first-order valence-electron chi connectivity index (χ1n) is 4.05. The highest BCUT2D eigenvalue weighted by molar-refractivity contribution is 14.1. The number of hydrogen-bond donors (Lipinski definition) is 0. The molecule has 1 aliphatic carbocycles. The van der Waals surface area contributed by atoms with E-state index >= 15 is 0 Å². The summed E-state index contributed by atoms with van der Waals surface area (Å²) in [5.41, 5.74) is 2.62. The Labute approximate surface area is 85.3 Å². The lowest BCUT2D eigenvalue weighted by Gasteiger charge is -2.15. The van der Waals surface area contributed by atoms with E-state index in [1.165, 1.54) is 14.7 Å². The zero-order chi connectivity index (χ0) is 8.55. The molecule has 0 spiro atoms. The minimum Gasteiger partial charge on any atom is -0.299 e. The number of carbonyl (C=O) groups excluding carboxylic acids is 1. The van der Waals surface area contributed by atoms with E-state index in [4.69, 9.17) is 0 Å². The first kappa shape index (κ1) is 8.23. The Bertz CT molecular complexity index is 331. The molecule has 2 rings (SSSR count). The van der Waals surface area contributed by atoms with Gasteiger partial charge in [-0.15, -0.1) is 0 Å². The molecule has 0 bridgehead atoms. The zero-order valence-electron chi connectivity index (χ0n) is 6.64. The quantitative estimate of drug-likeness (QED) is 0.662. The Morgan fingerprint density at radius 2 is 2.08 bits per heavy atom. The van der Waals surface area contributed by atoms with Gasteiger partial charge in [0.1, 0.15) is 5.78 Å². The fourth-order valence-electron chi connectivity index (χ4n) is 1.60. The standard InChI is InChI=1S/C10H9IO/c11-10-3-1-2-7-4-5-8(12)6-9(7)10/h1-3H,4-6H2. The monoisotopic (exact) mass is 272 g/mol. The van der Waals surface area contributed by atoms with E-state index < -0.39 is 0 Å². The molecule has 2 heteroatoms. The van der Waals surface area contributed by atoms with Crippen molar-refractivity contribution in [2.75, 3.05) is 0 Å². The van der Waals surface area contributed by atoms with Crippen LogP contribution in [0.15, 0.2) is 18.2 Å². The molecule has 1 nitrogen and oxygen atoms in total. The smallest absolute Gasteiger partial charge is 0.137 e. The average molecular weight is 272 g/mol. The number of carbonyl (C=O) groups is 1. The van der Waals surface area contributed by atoms with Gasteiger partial charge in [0.15, 0.2) is 0 Å². The number of aryl methyl sites for hydroxylation is 1. The number of benzene rings is 1. The van der Waals surface area contributed by atoms with Crippen molar-refractivity contribution in [2.24, 2.45) is 0 Å². The van der Waals surface area contributed by atoms with Gasteiger partial charge < -0.3 is 0 Å². The zero-order valence-corrected chi connectivity index (χ0v) is 8.80. The normalized spacial score (nSPS) is 15.9. The van der Waals surface area contributed by atoms with Crippen LogP contribution in [0, 0.1) is 3.57 Å². The summed E-state index contributed by atoms with van der Waals surface area (Å²) in [6.45, 7) is 0. The average Bonchev–Trinajstić information content (AvgIpc) is 2.07. The molecule has 0 atom stereocenters. The molecule has 0 fully saturated rings. The predicted molar refractivity (Wildman–Crippen MR) is 56.2 cm³/mol. The minimum absolute atomic E-state index is 0.381. The van der Waals surface area contributed by atoms with Gasteiger partial charge in [-0.3, -0.25) is 4.79 Å². The second-order valence-corrected chi connectivity index (χ2v) is 4.26. The van der Waals surface area contributed by atoms with Crippen LogP contribution >= 0.6 is 22.6 Å². The third kappa shape index (κ3) is 1.40. The Morgan fingerprint density at radius 1 is 1.25 bits per heavy atom. The van der Waals surface area contributed by atoms with Gasteiger partial charge in [-0.1, -0.05) is 12.1 Å². The molecule has 62 valence electrons. The summed E-state index contributed by atoms with van der Waals surface area (Å²) in [5, 5.41) is 0. The molecule has 0 saturated carbocycles. The lowest BCUT2D eigenvalue weighted by Crippen LogP contribution is -2.14. The lowest BCUT2D eigenvalue weighted by atomic mass is 9.91. The van der Waals surface area contributed by atoms with E-state index in [2.05, 4.69) is 40.8 Å². The van der Waals surface area contributed by atoms with Crippen molar-refractivity contribution in [3.63, 3.8) is 0 Å². The predicted octanol–water partition coefficient (Wildman–Crippen LogP) is 2.35. The van der Waals surface area contributed by atoms with Gasteiger partial charge in [-0.05, 0) is 46.2 Å². The molecule has 1 aromatic carbocycles. The van der Waals surface area contributed by atoms with Crippen molar-refractivity contribution in [3.8, 4) is 0 Å². The molecular weight excluding hydrogens is 263 g/mol. The van der Waals surface area contributed by atoms with Crippen LogP contribution < -0.4 is 0 Å². The molecule has 0 aromatic heterocycles. The van der Waals surface area contributed by atoms with Crippen molar-refractivity contribution in [3.05, 3.63) is 32.9 Å². The van der Waals surface area contributed by atoms with Gasteiger partial charge in [0, 0.05) is 16.4 Å². The van der Waals surface area contributed by atoms with E-state index in [1.807, 2.05) is 0 Å². The largest absolute Gasteiger partial charge is 0.299 e. The van der Waals surface area contributed by atoms with E-state index in [0.29, 0.717) is 12.2 Å².